The molecule has 2 aliphatic heterocycles. The van der Waals surface area contributed by atoms with Gasteiger partial charge in [-0.25, -0.2) is 8.42 Å². The molecule has 9 heteroatoms. The number of hydrogen-bond acceptors (Lipinski definition) is 6. The van der Waals surface area contributed by atoms with Gasteiger partial charge in [0.1, 0.15) is 5.75 Å². The lowest BCUT2D eigenvalue weighted by atomic mass is 10.2. The number of aromatic hydroxyl groups is 1. The fourth-order valence-corrected chi connectivity index (χ4v) is 5.96. The summed E-state index contributed by atoms with van der Waals surface area (Å²) in [6, 6.07) is 13.7. The summed E-state index contributed by atoms with van der Waals surface area (Å²) in [7, 11) is -3.56. The Morgan fingerprint density at radius 3 is 2.21 bits per heavy atom. The first-order valence-electron chi connectivity index (χ1n) is 11.6. The van der Waals surface area contributed by atoms with Crippen molar-refractivity contribution in [2.75, 3.05) is 56.0 Å². The standard InChI is InChI=1S/C24H32N4O4S/c29-22-10-8-21(9-11-22)27-16-14-26(15-17-27)19-24(30)25-20-6-5-7-23(18-20)33(31,32)28-12-3-1-2-4-13-28/h5-11,18,29H,1-4,12-17,19H2,(H,25,30). The highest BCUT2D eigenvalue weighted by molar-refractivity contribution is 7.89. The SMILES string of the molecule is O=C(CN1CCN(c2ccc(O)cc2)CC1)Nc1cccc(S(=O)(=O)N2CCCCCC2)c1. The lowest BCUT2D eigenvalue weighted by Gasteiger charge is -2.35. The van der Waals surface area contributed by atoms with E-state index in [1.54, 1.807) is 40.7 Å². The minimum Gasteiger partial charge on any atom is -0.508 e. The second-order valence-electron chi connectivity index (χ2n) is 8.67. The van der Waals surface area contributed by atoms with Crippen molar-refractivity contribution in [3.05, 3.63) is 48.5 Å². The molecule has 0 atom stereocenters. The number of phenols is 1. The number of sulfonamides is 1. The van der Waals surface area contributed by atoms with Crippen molar-refractivity contribution in [2.45, 2.75) is 30.6 Å². The molecule has 2 heterocycles. The highest BCUT2D eigenvalue weighted by Crippen LogP contribution is 2.23. The van der Waals surface area contributed by atoms with Crippen LogP contribution in [0.25, 0.3) is 0 Å². The second-order valence-corrected chi connectivity index (χ2v) is 10.6. The Kier molecular flexibility index (Phi) is 7.52. The first-order valence-corrected chi connectivity index (χ1v) is 13.0. The fraction of sp³-hybridized carbons (Fsp3) is 0.458. The molecule has 2 fully saturated rings. The molecule has 0 bridgehead atoms. The normalized spacial score (nSPS) is 18.6. The van der Waals surface area contributed by atoms with Gasteiger partial charge in [0.2, 0.25) is 15.9 Å². The van der Waals surface area contributed by atoms with Crippen molar-refractivity contribution < 1.29 is 18.3 Å². The van der Waals surface area contributed by atoms with Gasteiger partial charge in [-0.2, -0.15) is 4.31 Å². The number of carbonyl (C=O) groups is 1. The molecular formula is C24H32N4O4S. The summed E-state index contributed by atoms with van der Waals surface area (Å²) in [4.78, 5) is 17.2. The number of piperazine rings is 1. The van der Waals surface area contributed by atoms with Crippen LogP contribution >= 0.6 is 0 Å². The minimum atomic E-state index is -3.56. The smallest absolute Gasteiger partial charge is 0.243 e. The summed E-state index contributed by atoms with van der Waals surface area (Å²) in [6.45, 7) is 4.44. The van der Waals surface area contributed by atoms with Crippen LogP contribution in [0.15, 0.2) is 53.4 Å². The molecule has 0 spiro atoms. The zero-order valence-corrected chi connectivity index (χ0v) is 19.6. The Hall–Kier alpha value is -2.62. The van der Waals surface area contributed by atoms with Gasteiger partial charge in [-0.3, -0.25) is 9.69 Å². The Labute approximate surface area is 195 Å². The summed E-state index contributed by atoms with van der Waals surface area (Å²) < 4.78 is 27.7. The van der Waals surface area contributed by atoms with Crippen molar-refractivity contribution in [3.63, 3.8) is 0 Å². The molecule has 0 radical (unpaired) electrons. The van der Waals surface area contributed by atoms with E-state index in [0.29, 0.717) is 18.8 Å². The Balaban J connectivity index is 1.31. The van der Waals surface area contributed by atoms with Crippen molar-refractivity contribution in [1.82, 2.24) is 9.21 Å². The van der Waals surface area contributed by atoms with Crippen LogP contribution in [-0.4, -0.2) is 74.4 Å². The number of anilines is 2. The molecule has 0 aliphatic carbocycles. The molecular weight excluding hydrogens is 440 g/mol. The largest absolute Gasteiger partial charge is 0.508 e. The molecule has 2 aromatic rings. The van der Waals surface area contributed by atoms with Gasteiger partial charge in [0.25, 0.3) is 0 Å². The lowest BCUT2D eigenvalue weighted by molar-refractivity contribution is -0.117. The molecule has 0 aromatic heterocycles. The van der Waals surface area contributed by atoms with Gasteiger partial charge in [0.15, 0.2) is 0 Å². The molecule has 2 N–H and O–H groups in total. The van der Waals surface area contributed by atoms with Crippen LogP contribution in [0.4, 0.5) is 11.4 Å². The highest BCUT2D eigenvalue weighted by Gasteiger charge is 2.25. The molecule has 2 aliphatic rings. The number of carbonyl (C=O) groups excluding carboxylic acids is 1. The maximum atomic E-state index is 13.0. The Morgan fingerprint density at radius 1 is 0.879 bits per heavy atom. The molecule has 0 unspecified atom stereocenters. The molecule has 0 saturated carbocycles. The van der Waals surface area contributed by atoms with Crippen LogP contribution in [0.2, 0.25) is 0 Å². The van der Waals surface area contributed by atoms with E-state index in [2.05, 4.69) is 15.1 Å². The zero-order valence-electron chi connectivity index (χ0n) is 18.8. The second kappa shape index (κ2) is 10.5. The topological polar surface area (TPSA) is 93.2 Å². The van der Waals surface area contributed by atoms with Crippen LogP contribution < -0.4 is 10.2 Å². The van der Waals surface area contributed by atoms with Crippen LogP contribution in [-0.2, 0) is 14.8 Å². The number of rotatable bonds is 6. The summed E-state index contributed by atoms with van der Waals surface area (Å²) in [6.07, 6.45) is 3.89. The fourth-order valence-electron chi connectivity index (χ4n) is 4.40. The minimum absolute atomic E-state index is 0.155. The summed E-state index contributed by atoms with van der Waals surface area (Å²) in [5, 5.41) is 12.3. The van der Waals surface area contributed by atoms with Gasteiger partial charge in [-0.1, -0.05) is 18.9 Å². The van der Waals surface area contributed by atoms with Gasteiger partial charge in [-0.15, -0.1) is 0 Å². The van der Waals surface area contributed by atoms with Crippen LogP contribution in [0.5, 0.6) is 5.75 Å². The molecule has 33 heavy (non-hydrogen) atoms. The first-order chi connectivity index (χ1) is 15.9. The van der Waals surface area contributed by atoms with Gasteiger partial charge in [0.05, 0.1) is 11.4 Å². The molecule has 2 saturated heterocycles. The third kappa shape index (κ3) is 6.04. The summed E-state index contributed by atoms with van der Waals surface area (Å²) in [5.41, 5.74) is 1.55. The van der Waals surface area contributed by atoms with E-state index in [1.165, 1.54) is 0 Å². The Morgan fingerprint density at radius 2 is 1.55 bits per heavy atom. The first kappa shape index (κ1) is 23.5. The van der Waals surface area contributed by atoms with Crippen molar-refractivity contribution in [1.29, 1.82) is 0 Å². The number of nitrogens with one attached hydrogen (secondary N) is 1. The molecule has 2 aromatic carbocycles. The number of nitrogens with zero attached hydrogens (tertiary/aromatic N) is 3. The van der Waals surface area contributed by atoms with E-state index in [0.717, 1.165) is 57.5 Å². The van der Waals surface area contributed by atoms with E-state index in [4.69, 9.17) is 0 Å². The van der Waals surface area contributed by atoms with Gasteiger partial charge in [0, 0.05) is 50.6 Å². The van der Waals surface area contributed by atoms with Crippen molar-refractivity contribution in [3.8, 4) is 5.75 Å². The predicted octanol–water partition coefficient (Wildman–Crippen LogP) is 2.72. The quantitative estimate of drug-likeness (QED) is 0.672. The van der Waals surface area contributed by atoms with Crippen molar-refractivity contribution >= 4 is 27.3 Å². The van der Waals surface area contributed by atoms with Crippen molar-refractivity contribution in [2.24, 2.45) is 0 Å². The average Bonchev–Trinajstić information content (AvgIpc) is 3.11. The van der Waals surface area contributed by atoms with Gasteiger partial charge >= 0.3 is 0 Å². The molecule has 8 nitrogen and oxygen atoms in total. The average molecular weight is 473 g/mol. The molecule has 4 rings (SSSR count). The Bertz CT molecular complexity index is 1040. The third-order valence-corrected chi connectivity index (χ3v) is 8.17. The maximum Gasteiger partial charge on any atom is 0.243 e. The lowest BCUT2D eigenvalue weighted by Crippen LogP contribution is -2.48. The maximum absolute atomic E-state index is 13.0. The van der Waals surface area contributed by atoms with Gasteiger partial charge < -0.3 is 15.3 Å². The third-order valence-electron chi connectivity index (χ3n) is 6.27. The van der Waals surface area contributed by atoms with E-state index in [9.17, 15) is 18.3 Å². The number of amides is 1. The van der Waals surface area contributed by atoms with Gasteiger partial charge in [-0.05, 0) is 55.3 Å². The molecule has 1 amide bonds. The van der Waals surface area contributed by atoms with E-state index in [-0.39, 0.29) is 23.1 Å². The zero-order chi connectivity index (χ0) is 23.3. The summed E-state index contributed by atoms with van der Waals surface area (Å²) in [5.74, 6) is 0.0924. The number of phenolic OH excluding ortho intramolecular Hbond substituents is 1. The number of hydrogen-bond donors (Lipinski definition) is 2. The monoisotopic (exact) mass is 472 g/mol. The van der Waals surface area contributed by atoms with E-state index < -0.39 is 10.0 Å². The van der Waals surface area contributed by atoms with E-state index in [1.807, 2.05) is 12.1 Å². The van der Waals surface area contributed by atoms with E-state index >= 15 is 0 Å². The summed E-state index contributed by atoms with van der Waals surface area (Å²) >= 11 is 0. The van der Waals surface area contributed by atoms with Crippen LogP contribution in [0.3, 0.4) is 0 Å². The molecule has 178 valence electrons. The van der Waals surface area contributed by atoms with Crippen LogP contribution in [0, 0.1) is 0 Å². The predicted molar refractivity (Wildman–Crippen MR) is 129 cm³/mol. The number of benzene rings is 2. The van der Waals surface area contributed by atoms with Crippen LogP contribution in [0.1, 0.15) is 25.7 Å². The highest BCUT2D eigenvalue weighted by atomic mass is 32.2.